The van der Waals surface area contributed by atoms with E-state index in [4.69, 9.17) is 11.6 Å². The standard InChI is InChI=1S/C14H20ClN3O/c15-12-7-8-13(16-11-12)17-14(19)18-9-5-3-1-2-4-6-10-18/h7-8,11H,1-6,9-10H2,(H,16,17,19). The van der Waals surface area contributed by atoms with Crippen LogP contribution in [0.4, 0.5) is 10.6 Å². The predicted octanol–water partition coefficient (Wildman–Crippen LogP) is 3.92. The van der Waals surface area contributed by atoms with Crippen molar-refractivity contribution in [2.75, 3.05) is 18.4 Å². The molecule has 0 atom stereocenters. The zero-order chi connectivity index (χ0) is 13.5. The molecule has 19 heavy (non-hydrogen) atoms. The number of carbonyl (C=O) groups is 1. The third-order valence-electron chi connectivity index (χ3n) is 3.36. The predicted molar refractivity (Wildman–Crippen MR) is 77.5 cm³/mol. The smallest absolute Gasteiger partial charge is 0.323 e. The molecule has 0 unspecified atom stereocenters. The van der Waals surface area contributed by atoms with E-state index in [1.807, 2.05) is 4.90 Å². The summed E-state index contributed by atoms with van der Waals surface area (Å²) in [5.41, 5.74) is 0. The molecule has 2 heterocycles. The minimum absolute atomic E-state index is 0.0586. The SMILES string of the molecule is O=C(Nc1ccc(Cl)cn1)N1CCCCCCCC1. The summed E-state index contributed by atoms with van der Waals surface area (Å²) in [5, 5.41) is 3.39. The Hall–Kier alpha value is -1.29. The van der Waals surface area contributed by atoms with Gasteiger partial charge in [0.2, 0.25) is 0 Å². The highest BCUT2D eigenvalue weighted by atomic mass is 35.5. The number of nitrogens with one attached hydrogen (secondary N) is 1. The molecule has 0 bridgehead atoms. The van der Waals surface area contributed by atoms with Crippen molar-refractivity contribution in [2.24, 2.45) is 0 Å². The van der Waals surface area contributed by atoms with Gasteiger partial charge in [-0.3, -0.25) is 5.32 Å². The maximum atomic E-state index is 12.2. The number of halogens is 1. The van der Waals surface area contributed by atoms with Crippen LogP contribution in [0.5, 0.6) is 0 Å². The number of anilines is 1. The van der Waals surface area contributed by atoms with Gasteiger partial charge in [0.15, 0.2) is 0 Å². The van der Waals surface area contributed by atoms with Crippen LogP contribution in [0.25, 0.3) is 0 Å². The van der Waals surface area contributed by atoms with Crippen LogP contribution in [-0.4, -0.2) is 29.0 Å². The number of pyridine rings is 1. The Kier molecular flexibility index (Phi) is 5.45. The van der Waals surface area contributed by atoms with E-state index in [2.05, 4.69) is 10.3 Å². The number of aromatic nitrogens is 1. The molecule has 2 rings (SSSR count). The lowest BCUT2D eigenvalue weighted by molar-refractivity contribution is 0.210. The van der Waals surface area contributed by atoms with Gasteiger partial charge in [0.1, 0.15) is 5.82 Å². The van der Waals surface area contributed by atoms with Crippen LogP contribution in [0.2, 0.25) is 5.02 Å². The van der Waals surface area contributed by atoms with Crippen molar-refractivity contribution in [3.63, 3.8) is 0 Å². The average Bonchev–Trinajstić information content (AvgIpc) is 2.55. The molecule has 0 spiro atoms. The van der Waals surface area contributed by atoms with Crippen LogP contribution in [0, 0.1) is 0 Å². The van der Waals surface area contributed by atoms with E-state index in [0.717, 1.165) is 25.9 Å². The number of rotatable bonds is 1. The van der Waals surface area contributed by atoms with E-state index in [0.29, 0.717) is 10.8 Å². The van der Waals surface area contributed by atoms with Crippen molar-refractivity contribution in [3.8, 4) is 0 Å². The summed E-state index contributed by atoms with van der Waals surface area (Å²) in [6.45, 7) is 1.67. The molecule has 5 heteroatoms. The molecule has 1 saturated heterocycles. The van der Waals surface area contributed by atoms with Gasteiger partial charge in [-0.2, -0.15) is 0 Å². The molecule has 1 aliphatic rings. The van der Waals surface area contributed by atoms with Gasteiger partial charge in [0.05, 0.1) is 5.02 Å². The fourth-order valence-electron chi connectivity index (χ4n) is 2.27. The van der Waals surface area contributed by atoms with E-state index < -0.39 is 0 Å². The molecule has 4 nitrogen and oxygen atoms in total. The molecule has 0 aromatic carbocycles. The topological polar surface area (TPSA) is 45.2 Å². The van der Waals surface area contributed by atoms with Gasteiger partial charge < -0.3 is 4.90 Å². The van der Waals surface area contributed by atoms with E-state index in [1.165, 1.54) is 31.9 Å². The first-order valence-corrected chi connectivity index (χ1v) is 7.31. The van der Waals surface area contributed by atoms with Crippen LogP contribution in [0.15, 0.2) is 18.3 Å². The second-order valence-electron chi connectivity index (χ2n) is 4.90. The van der Waals surface area contributed by atoms with E-state index in [-0.39, 0.29) is 6.03 Å². The van der Waals surface area contributed by atoms with E-state index in [9.17, 15) is 4.79 Å². The van der Waals surface area contributed by atoms with Crippen LogP contribution >= 0.6 is 11.6 Å². The Labute approximate surface area is 119 Å². The molecule has 1 N–H and O–H groups in total. The molecular weight excluding hydrogens is 262 g/mol. The van der Waals surface area contributed by atoms with Crippen molar-refractivity contribution in [3.05, 3.63) is 23.4 Å². The summed E-state index contributed by atoms with van der Waals surface area (Å²) in [4.78, 5) is 18.1. The fraction of sp³-hybridized carbons (Fsp3) is 0.571. The molecule has 0 saturated carbocycles. The average molecular weight is 282 g/mol. The normalized spacial score (nSPS) is 17.2. The Bertz CT molecular complexity index is 398. The lowest BCUT2D eigenvalue weighted by Gasteiger charge is -2.22. The minimum Gasteiger partial charge on any atom is -0.325 e. The van der Waals surface area contributed by atoms with Gasteiger partial charge in [-0.05, 0) is 25.0 Å². The first-order chi connectivity index (χ1) is 9.25. The molecule has 2 amide bonds. The third-order valence-corrected chi connectivity index (χ3v) is 3.58. The first-order valence-electron chi connectivity index (χ1n) is 6.93. The zero-order valence-electron chi connectivity index (χ0n) is 11.1. The van der Waals surface area contributed by atoms with Crippen molar-refractivity contribution in [1.29, 1.82) is 0 Å². The quantitative estimate of drug-likeness (QED) is 0.848. The van der Waals surface area contributed by atoms with Crippen LogP contribution < -0.4 is 5.32 Å². The lowest BCUT2D eigenvalue weighted by Crippen LogP contribution is -2.36. The fourth-order valence-corrected chi connectivity index (χ4v) is 2.38. The van der Waals surface area contributed by atoms with Gasteiger partial charge in [0.25, 0.3) is 0 Å². The summed E-state index contributed by atoms with van der Waals surface area (Å²) in [6, 6.07) is 3.39. The number of urea groups is 1. The van der Waals surface area contributed by atoms with Gasteiger partial charge in [0, 0.05) is 19.3 Å². The summed E-state index contributed by atoms with van der Waals surface area (Å²) >= 11 is 5.77. The second kappa shape index (κ2) is 7.34. The second-order valence-corrected chi connectivity index (χ2v) is 5.34. The number of nitrogens with zero attached hydrogens (tertiary/aromatic N) is 2. The number of hydrogen-bond acceptors (Lipinski definition) is 2. The Morgan fingerprint density at radius 2 is 1.74 bits per heavy atom. The molecule has 0 aliphatic carbocycles. The third kappa shape index (κ3) is 4.71. The van der Waals surface area contributed by atoms with Gasteiger partial charge in [-0.25, -0.2) is 9.78 Å². The maximum Gasteiger partial charge on any atom is 0.323 e. The highest BCUT2D eigenvalue weighted by molar-refractivity contribution is 6.30. The van der Waals surface area contributed by atoms with E-state index >= 15 is 0 Å². The summed E-state index contributed by atoms with van der Waals surface area (Å²) in [7, 11) is 0. The zero-order valence-corrected chi connectivity index (χ0v) is 11.8. The van der Waals surface area contributed by atoms with Crippen LogP contribution in [-0.2, 0) is 0 Å². The monoisotopic (exact) mass is 281 g/mol. The first kappa shape index (κ1) is 14.1. The lowest BCUT2D eigenvalue weighted by atomic mass is 10.1. The Morgan fingerprint density at radius 3 is 2.32 bits per heavy atom. The van der Waals surface area contributed by atoms with Crippen molar-refractivity contribution in [2.45, 2.75) is 38.5 Å². The van der Waals surface area contributed by atoms with Crippen LogP contribution in [0.3, 0.4) is 0 Å². The van der Waals surface area contributed by atoms with Crippen molar-refractivity contribution < 1.29 is 4.79 Å². The molecule has 1 fully saturated rings. The van der Waals surface area contributed by atoms with Crippen LogP contribution in [0.1, 0.15) is 38.5 Å². The number of amides is 2. The van der Waals surface area contributed by atoms with Crippen molar-refractivity contribution in [1.82, 2.24) is 9.88 Å². The summed E-state index contributed by atoms with van der Waals surface area (Å²) in [5.74, 6) is 0.550. The highest BCUT2D eigenvalue weighted by Gasteiger charge is 2.14. The summed E-state index contributed by atoms with van der Waals surface area (Å²) in [6.07, 6.45) is 8.70. The molecule has 1 aromatic rings. The number of hydrogen-bond donors (Lipinski definition) is 1. The van der Waals surface area contributed by atoms with Crippen molar-refractivity contribution >= 4 is 23.4 Å². The Balaban J connectivity index is 1.91. The molecule has 0 radical (unpaired) electrons. The minimum atomic E-state index is -0.0586. The summed E-state index contributed by atoms with van der Waals surface area (Å²) < 4.78 is 0. The van der Waals surface area contributed by atoms with Gasteiger partial charge in [-0.1, -0.05) is 37.3 Å². The Morgan fingerprint density at radius 1 is 1.11 bits per heavy atom. The molecule has 104 valence electrons. The van der Waals surface area contributed by atoms with E-state index in [1.54, 1.807) is 12.1 Å². The molecule has 1 aromatic heterocycles. The number of carbonyl (C=O) groups excluding carboxylic acids is 1. The molecule has 1 aliphatic heterocycles. The maximum absolute atomic E-state index is 12.2. The largest absolute Gasteiger partial charge is 0.325 e. The van der Waals surface area contributed by atoms with Gasteiger partial charge in [-0.15, -0.1) is 0 Å². The van der Waals surface area contributed by atoms with Gasteiger partial charge >= 0.3 is 6.03 Å². The molecular formula is C14H20ClN3O. The highest BCUT2D eigenvalue weighted by Crippen LogP contribution is 2.13.